The number of sulfonamides is 1. The van der Waals surface area contributed by atoms with E-state index in [2.05, 4.69) is 5.32 Å². The normalized spacial score (nSPS) is 19.8. The third-order valence-electron chi connectivity index (χ3n) is 5.80. The van der Waals surface area contributed by atoms with Crippen LogP contribution >= 0.6 is 0 Å². The fourth-order valence-electron chi connectivity index (χ4n) is 4.04. The number of halogens is 1. The monoisotopic (exact) mass is 440 g/mol. The Balaban J connectivity index is 1.43. The van der Waals surface area contributed by atoms with Crippen LogP contribution in [0.2, 0.25) is 0 Å². The zero-order valence-electron chi connectivity index (χ0n) is 17.0. The molecule has 1 aromatic rings. The largest absolute Gasteiger partial charge is 0.455 e. The van der Waals surface area contributed by atoms with Crippen molar-refractivity contribution in [2.45, 2.75) is 62.3 Å². The van der Waals surface area contributed by atoms with Gasteiger partial charge in [-0.1, -0.05) is 25.7 Å². The fraction of sp³-hybridized carbons (Fsp3) is 0.619. The Morgan fingerprint density at radius 2 is 1.60 bits per heavy atom. The van der Waals surface area contributed by atoms with E-state index in [0.717, 1.165) is 37.8 Å². The summed E-state index contributed by atoms with van der Waals surface area (Å²) in [5.41, 5.74) is 0. The molecular formula is C21H29FN2O5S. The summed E-state index contributed by atoms with van der Waals surface area (Å²) in [4.78, 5) is 24.4. The maximum absolute atomic E-state index is 13.0. The zero-order valence-corrected chi connectivity index (χ0v) is 17.8. The molecule has 9 heteroatoms. The Labute approximate surface area is 177 Å². The number of benzene rings is 1. The second-order valence-electron chi connectivity index (χ2n) is 8.00. The molecule has 2 fully saturated rings. The first-order chi connectivity index (χ1) is 14.4. The van der Waals surface area contributed by atoms with Crippen LogP contribution in [0, 0.1) is 11.7 Å². The molecule has 1 amide bonds. The number of hydrogen-bond acceptors (Lipinski definition) is 5. The Hall–Kier alpha value is -2.00. The van der Waals surface area contributed by atoms with E-state index in [0.29, 0.717) is 12.8 Å². The van der Waals surface area contributed by atoms with E-state index >= 15 is 0 Å². The lowest BCUT2D eigenvalue weighted by Crippen LogP contribution is -2.41. The summed E-state index contributed by atoms with van der Waals surface area (Å²) in [6.45, 7) is 0.0465. The number of piperidine rings is 1. The van der Waals surface area contributed by atoms with E-state index in [1.54, 1.807) is 0 Å². The molecule has 1 saturated heterocycles. The van der Waals surface area contributed by atoms with E-state index in [9.17, 15) is 22.4 Å². The number of hydrogen-bond donors (Lipinski definition) is 1. The predicted octanol–water partition coefficient (Wildman–Crippen LogP) is 2.61. The van der Waals surface area contributed by atoms with E-state index < -0.39 is 27.7 Å². The van der Waals surface area contributed by atoms with Crippen molar-refractivity contribution in [3.05, 3.63) is 30.1 Å². The third kappa shape index (κ3) is 6.01. The number of ether oxygens (including phenoxy) is 1. The van der Waals surface area contributed by atoms with Gasteiger partial charge in [-0.3, -0.25) is 9.59 Å². The summed E-state index contributed by atoms with van der Waals surface area (Å²) in [5, 5.41) is 2.94. The minimum Gasteiger partial charge on any atom is -0.455 e. The number of rotatable bonds is 6. The summed E-state index contributed by atoms with van der Waals surface area (Å²) in [6, 6.07) is 4.84. The molecule has 3 rings (SSSR count). The quantitative estimate of drug-likeness (QED) is 0.542. The minimum absolute atomic E-state index is 0.0279. The first-order valence-electron chi connectivity index (χ1n) is 10.6. The summed E-state index contributed by atoms with van der Waals surface area (Å²) in [5.74, 6) is -1.69. The van der Waals surface area contributed by atoms with Gasteiger partial charge in [0.25, 0.3) is 5.91 Å². The number of amides is 1. The molecule has 1 heterocycles. The number of nitrogens with one attached hydrogen (secondary N) is 1. The van der Waals surface area contributed by atoms with Crippen LogP contribution in [0.15, 0.2) is 29.2 Å². The molecule has 0 bridgehead atoms. The Morgan fingerprint density at radius 1 is 1.00 bits per heavy atom. The molecule has 0 spiro atoms. The van der Waals surface area contributed by atoms with Gasteiger partial charge >= 0.3 is 5.97 Å². The van der Waals surface area contributed by atoms with E-state index in [-0.39, 0.29) is 36.5 Å². The highest BCUT2D eigenvalue weighted by Crippen LogP contribution is 2.25. The van der Waals surface area contributed by atoms with Crippen molar-refractivity contribution in [2.24, 2.45) is 5.92 Å². The highest BCUT2D eigenvalue weighted by molar-refractivity contribution is 7.89. The summed E-state index contributed by atoms with van der Waals surface area (Å²) >= 11 is 0. The Kier molecular flexibility index (Phi) is 7.82. The van der Waals surface area contributed by atoms with Crippen LogP contribution in [0.25, 0.3) is 0 Å². The molecule has 0 unspecified atom stereocenters. The first-order valence-corrected chi connectivity index (χ1v) is 12.0. The van der Waals surface area contributed by atoms with Crippen molar-refractivity contribution in [1.29, 1.82) is 0 Å². The summed E-state index contributed by atoms with van der Waals surface area (Å²) in [6.07, 6.45) is 7.15. The van der Waals surface area contributed by atoms with Gasteiger partial charge in [0.15, 0.2) is 6.61 Å². The van der Waals surface area contributed by atoms with Crippen LogP contribution in [0.1, 0.15) is 51.4 Å². The lowest BCUT2D eigenvalue weighted by Gasteiger charge is -2.30. The number of nitrogens with zero attached hydrogens (tertiary/aromatic N) is 1. The fourth-order valence-corrected chi connectivity index (χ4v) is 5.50. The van der Waals surface area contributed by atoms with Crippen LogP contribution in [0.3, 0.4) is 0 Å². The molecule has 166 valence electrons. The van der Waals surface area contributed by atoms with Crippen LogP contribution in [-0.2, 0) is 24.3 Å². The van der Waals surface area contributed by atoms with Crippen molar-refractivity contribution in [3.63, 3.8) is 0 Å². The third-order valence-corrected chi connectivity index (χ3v) is 7.72. The number of carbonyl (C=O) groups is 2. The molecule has 30 heavy (non-hydrogen) atoms. The van der Waals surface area contributed by atoms with Crippen molar-refractivity contribution < 1.29 is 27.1 Å². The van der Waals surface area contributed by atoms with Crippen LogP contribution in [0.4, 0.5) is 4.39 Å². The van der Waals surface area contributed by atoms with Gasteiger partial charge in [0.1, 0.15) is 5.82 Å². The second-order valence-corrected chi connectivity index (χ2v) is 9.93. The maximum Gasteiger partial charge on any atom is 0.309 e. The maximum atomic E-state index is 13.0. The van der Waals surface area contributed by atoms with Crippen molar-refractivity contribution >= 4 is 21.9 Å². The van der Waals surface area contributed by atoms with E-state index in [1.807, 2.05) is 0 Å². The first kappa shape index (κ1) is 22.7. The van der Waals surface area contributed by atoms with Crippen LogP contribution in [0.5, 0.6) is 0 Å². The summed E-state index contributed by atoms with van der Waals surface area (Å²) < 4.78 is 44.8. The average Bonchev–Trinajstić information content (AvgIpc) is 3.01. The summed E-state index contributed by atoms with van der Waals surface area (Å²) in [7, 11) is -3.72. The smallest absolute Gasteiger partial charge is 0.309 e. The van der Waals surface area contributed by atoms with Gasteiger partial charge in [0, 0.05) is 19.1 Å². The molecule has 0 aromatic heterocycles. The molecular weight excluding hydrogens is 411 g/mol. The van der Waals surface area contributed by atoms with Crippen molar-refractivity contribution in [1.82, 2.24) is 9.62 Å². The van der Waals surface area contributed by atoms with E-state index in [4.69, 9.17) is 4.74 Å². The van der Waals surface area contributed by atoms with Gasteiger partial charge in [0.2, 0.25) is 10.0 Å². The SMILES string of the molecule is O=C(COC(=O)C1CCN(S(=O)(=O)c2ccc(F)cc2)CC1)NC1CCCCCC1. The van der Waals surface area contributed by atoms with Gasteiger partial charge in [0.05, 0.1) is 10.8 Å². The molecule has 2 aliphatic rings. The van der Waals surface area contributed by atoms with Gasteiger partial charge in [-0.2, -0.15) is 4.31 Å². The highest BCUT2D eigenvalue weighted by atomic mass is 32.2. The van der Waals surface area contributed by atoms with Gasteiger partial charge < -0.3 is 10.1 Å². The molecule has 1 aliphatic carbocycles. The molecule has 0 atom stereocenters. The highest BCUT2D eigenvalue weighted by Gasteiger charge is 2.33. The molecule has 0 radical (unpaired) electrons. The molecule has 1 saturated carbocycles. The van der Waals surface area contributed by atoms with Gasteiger partial charge in [-0.05, 0) is 49.9 Å². The Morgan fingerprint density at radius 3 is 2.20 bits per heavy atom. The number of carbonyl (C=O) groups excluding carboxylic acids is 2. The van der Waals surface area contributed by atoms with Crippen LogP contribution < -0.4 is 5.32 Å². The van der Waals surface area contributed by atoms with Gasteiger partial charge in [-0.15, -0.1) is 0 Å². The zero-order chi connectivity index (χ0) is 21.6. The minimum atomic E-state index is -3.72. The van der Waals surface area contributed by atoms with Crippen LogP contribution in [-0.4, -0.2) is 50.3 Å². The lowest BCUT2D eigenvalue weighted by molar-refractivity contribution is -0.153. The average molecular weight is 441 g/mol. The molecule has 1 aromatic carbocycles. The lowest BCUT2D eigenvalue weighted by atomic mass is 9.98. The standard InChI is InChI=1S/C21H29FN2O5S/c22-17-7-9-19(10-8-17)30(27,28)24-13-11-16(12-14-24)21(26)29-15-20(25)23-18-5-3-1-2-4-6-18/h7-10,16,18H,1-6,11-15H2,(H,23,25). The number of esters is 1. The van der Waals surface area contributed by atoms with Crippen molar-refractivity contribution in [3.8, 4) is 0 Å². The van der Waals surface area contributed by atoms with E-state index in [1.165, 1.54) is 29.3 Å². The molecule has 1 N–H and O–H groups in total. The topological polar surface area (TPSA) is 92.8 Å². The second kappa shape index (κ2) is 10.3. The van der Waals surface area contributed by atoms with Gasteiger partial charge in [-0.25, -0.2) is 12.8 Å². The van der Waals surface area contributed by atoms with Crippen molar-refractivity contribution in [2.75, 3.05) is 19.7 Å². The Bertz CT molecular complexity index is 827. The molecule has 1 aliphatic heterocycles. The predicted molar refractivity (Wildman–Crippen MR) is 108 cm³/mol. The molecule has 7 nitrogen and oxygen atoms in total.